The van der Waals surface area contributed by atoms with Gasteiger partial charge in [0, 0.05) is 32.2 Å². The van der Waals surface area contributed by atoms with Crippen LogP contribution in [0.4, 0.5) is 0 Å². The highest BCUT2D eigenvalue weighted by molar-refractivity contribution is 4.73. The molecule has 108 valence electrons. The van der Waals surface area contributed by atoms with Crippen molar-refractivity contribution in [2.24, 2.45) is 5.92 Å². The van der Waals surface area contributed by atoms with Gasteiger partial charge in [0.1, 0.15) is 0 Å². The van der Waals surface area contributed by atoms with Gasteiger partial charge in [-0.1, -0.05) is 13.8 Å². The van der Waals surface area contributed by atoms with E-state index < -0.39 is 0 Å². The Bertz CT molecular complexity index is 203. The molecule has 0 aliphatic carbocycles. The summed E-state index contributed by atoms with van der Waals surface area (Å²) in [6.45, 7) is 12.0. The molecule has 0 aromatic heterocycles. The molecular formula is C14H31N3O. The van der Waals surface area contributed by atoms with Crippen molar-refractivity contribution in [1.82, 2.24) is 15.1 Å². The zero-order valence-electron chi connectivity index (χ0n) is 12.6. The van der Waals surface area contributed by atoms with Crippen molar-refractivity contribution in [3.8, 4) is 0 Å². The quantitative estimate of drug-likeness (QED) is 0.699. The average molecular weight is 257 g/mol. The standard InChI is InChI=1S/C14H31N3O/c1-13(2)11-17(9-8-16(3)4)7-5-14-12-18-10-6-15-14/h13-15H,5-12H2,1-4H3. The van der Waals surface area contributed by atoms with Crippen molar-refractivity contribution < 1.29 is 4.74 Å². The minimum absolute atomic E-state index is 0.549. The lowest BCUT2D eigenvalue weighted by atomic mass is 10.1. The predicted molar refractivity (Wildman–Crippen MR) is 77.1 cm³/mol. The van der Waals surface area contributed by atoms with Crippen molar-refractivity contribution in [3.63, 3.8) is 0 Å². The van der Waals surface area contributed by atoms with E-state index in [9.17, 15) is 0 Å². The Morgan fingerprint density at radius 2 is 2.00 bits per heavy atom. The van der Waals surface area contributed by atoms with Crippen LogP contribution < -0.4 is 5.32 Å². The van der Waals surface area contributed by atoms with Gasteiger partial charge in [-0.05, 0) is 33.0 Å². The van der Waals surface area contributed by atoms with E-state index >= 15 is 0 Å². The first-order valence-corrected chi connectivity index (χ1v) is 7.26. The maximum absolute atomic E-state index is 5.50. The second-order valence-electron chi connectivity index (χ2n) is 6.01. The number of hydrogen-bond acceptors (Lipinski definition) is 4. The van der Waals surface area contributed by atoms with Gasteiger partial charge in [-0.3, -0.25) is 0 Å². The molecule has 0 amide bonds. The minimum Gasteiger partial charge on any atom is -0.379 e. The molecule has 0 aromatic carbocycles. The van der Waals surface area contributed by atoms with Crippen molar-refractivity contribution in [3.05, 3.63) is 0 Å². The van der Waals surface area contributed by atoms with E-state index in [0.29, 0.717) is 6.04 Å². The van der Waals surface area contributed by atoms with E-state index in [1.165, 1.54) is 26.1 Å². The summed E-state index contributed by atoms with van der Waals surface area (Å²) in [5, 5.41) is 3.53. The number of likely N-dealkylation sites (N-methyl/N-ethyl adjacent to an activating group) is 1. The van der Waals surface area contributed by atoms with E-state index in [1.54, 1.807) is 0 Å². The molecule has 4 nitrogen and oxygen atoms in total. The van der Waals surface area contributed by atoms with Crippen LogP contribution in [0, 0.1) is 5.92 Å². The zero-order valence-corrected chi connectivity index (χ0v) is 12.6. The molecule has 1 aliphatic rings. The third kappa shape index (κ3) is 7.31. The molecule has 1 saturated heterocycles. The van der Waals surface area contributed by atoms with Gasteiger partial charge in [0.2, 0.25) is 0 Å². The van der Waals surface area contributed by atoms with Gasteiger partial charge in [-0.2, -0.15) is 0 Å². The van der Waals surface area contributed by atoms with E-state index in [2.05, 4.69) is 43.1 Å². The highest BCUT2D eigenvalue weighted by Crippen LogP contribution is 2.04. The number of nitrogens with zero attached hydrogens (tertiary/aromatic N) is 2. The number of rotatable bonds is 8. The van der Waals surface area contributed by atoms with Gasteiger partial charge in [0.15, 0.2) is 0 Å². The van der Waals surface area contributed by atoms with E-state index in [4.69, 9.17) is 4.74 Å². The van der Waals surface area contributed by atoms with Gasteiger partial charge in [0.05, 0.1) is 13.2 Å². The third-order valence-electron chi connectivity index (χ3n) is 3.28. The molecule has 18 heavy (non-hydrogen) atoms. The summed E-state index contributed by atoms with van der Waals surface area (Å²) in [5.41, 5.74) is 0. The smallest absolute Gasteiger partial charge is 0.0620 e. The Balaban J connectivity index is 2.25. The van der Waals surface area contributed by atoms with Crippen LogP contribution in [-0.2, 0) is 4.74 Å². The van der Waals surface area contributed by atoms with E-state index in [-0.39, 0.29) is 0 Å². The second kappa shape index (κ2) is 8.86. The molecule has 0 saturated carbocycles. The van der Waals surface area contributed by atoms with E-state index in [0.717, 1.165) is 32.2 Å². The number of nitrogens with one attached hydrogen (secondary N) is 1. The summed E-state index contributed by atoms with van der Waals surface area (Å²) in [7, 11) is 4.29. The van der Waals surface area contributed by atoms with Crippen LogP contribution in [0.1, 0.15) is 20.3 Å². The van der Waals surface area contributed by atoms with Crippen LogP contribution in [0.15, 0.2) is 0 Å². The lowest BCUT2D eigenvalue weighted by Crippen LogP contribution is -2.44. The molecule has 1 unspecified atom stereocenters. The fourth-order valence-electron chi connectivity index (χ4n) is 2.30. The van der Waals surface area contributed by atoms with Gasteiger partial charge in [-0.25, -0.2) is 0 Å². The summed E-state index contributed by atoms with van der Waals surface area (Å²) < 4.78 is 5.50. The van der Waals surface area contributed by atoms with Crippen molar-refractivity contribution in [2.45, 2.75) is 26.3 Å². The predicted octanol–water partition coefficient (Wildman–Crippen LogP) is 0.885. The molecule has 0 aromatic rings. The van der Waals surface area contributed by atoms with Gasteiger partial charge in [0.25, 0.3) is 0 Å². The molecule has 0 spiro atoms. The number of hydrogen-bond donors (Lipinski definition) is 1. The molecule has 1 N–H and O–H groups in total. The van der Waals surface area contributed by atoms with Gasteiger partial charge < -0.3 is 19.9 Å². The van der Waals surface area contributed by atoms with Crippen LogP contribution in [0.3, 0.4) is 0 Å². The summed E-state index contributed by atoms with van der Waals surface area (Å²) in [4.78, 5) is 4.84. The summed E-state index contributed by atoms with van der Waals surface area (Å²) in [6, 6.07) is 0.549. The zero-order chi connectivity index (χ0) is 13.4. The lowest BCUT2D eigenvalue weighted by Gasteiger charge is -2.29. The van der Waals surface area contributed by atoms with Crippen LogP contribution >= 0.6 is 0 Å². The molecule has 1 heterocycles. The van der Waals surface area contributed by atoms with Crippen LogP contribution in [-0.4, -0.2) is 75.9 Å². The largest absolute Gasteiger partial charge is 0.379 e. The molecule has 1 fully saturated rings. The summed E-state index contributed by atoms with van der Waals surface area (Å²) in [5.74, 6) is 0.739. The first kappa shape index (κ1) is 15.9. The summed E-state index contributed by atoms with van der Waals surface area (Å²) >= 11 is 0. The maximum atomic E-state index is 5.50. The first-order chi connectivity index (χ1) is 8.58. The lowest BCUT2D eigenvalue weighted by molar-refractivity contribution is 0.0689. The maximum Gasteiger partial charge on any atom is 0.0620 e. The average Bonchev–Trinajstić information content (AvgIpc) is 2.33. The monoisotopic (exact) mass is 257 g/mol. The fraction of sp³-hybridized carbons (Fsp3) is 1.00. The van der Waals surface area contributed by atoms with Crippen LogP contribution in [0.5, 0.6) is 0 Å². The highest BCUT2D eigenvalue weighted by Gasteiger charge is 2.15. The second-order valence-corrected chi connectivity index (χ2v) is 6.01. The fourth-order valence-corrected chi connectivity index (χ4v) is 2.30. The Labute approximate surface area is 113 Å². The van der Waals surface area contributed by atoms with Crippen LogP contribution in [0.2, 0.25) is 0 Å². The Hall–Kier alpha value is -0.160. The minimum atomic E-state index is 0.549. The highest BCUT2D eigenvalue weighted by atomic mass is 16.5. The molecule has 1 atom stereocenters. The van der Waals surface area contributed by atoms with Gasteiger partial charge in [-0.15, -0.1) is 0 Å². The van der Waals surface area contributed by atoms with Crippen molar-refractivity contribution in [1.29, 1.82) is 0 Å². The van der Waals surface area contributed by atoms with Gasteiger partial charge >= 0.3 is 0 Å². The van der Waals surface area contributed by atoms with Crippen molar-refractivity contribution in [2.75, 3.05) is 60.0 Å². The molecule has 1 aliphatic heterocycles. The SMILES string of the molecule is CC(C)CN(CCC1COCCN1)CCN(C)C. The topological polar surface area (TPSA) is 27.7 Å². The molecule has 4 heteroatoms. The molecule has 0 radical (unpaired) electrons. The normalized spacial score (nSPS) is 21.2. The van der Waals surface area contributed by atoms with Crippen molar-refractivity contribution >= 4 is 0 Å². The summed E-state index contributed by atoms with van der Waals surface area (Å²) in [6.07, 6.45) is 1.19. The van der Waals surface area contributed by atoms with E-state index in [1.807, 2.05) is 0 Å². The Morgan fingerprint density at radius 3 is 2.56 bits per heavy atom. The number of ether oxygens (including phenoxy) is 1. The van der Waals surface area contributed by atoms with Crippen LogP contribution in [0.25, 0.3) is 0 Å². The number of morpholine rings is 1. The Morgan fingerprint density at radius 1 is 1.22 bits per heavy atom. The third-order valence-corrected chi connectivity index (χ3v) is 3.28. The first-order valence-electron chi connectivity index (χ1n) is 7.26. The molecule has 1 rings (SSSR count). The molecular weight excluding hydrogens is 226 g/mol. The molecule has 0 bridgehead atoms. The Kier molecular flexibility index (Phi) is 7.82.